The quantitative estimate of drug-likeness (QED) is 0.820. The molecule has 2 rings (SSSR count). The van der Waals surface area contributed by atoms with Gasteiger partial charge in [0.25, 0.3) is 0 Å². The van der Waals surface area contributed by atoms with Crippen molar-refractivity contribution in [3.63, 3.8) is 0 Å². The van der Waals surface area contributed by atoms with E-state index < -0.39 is 18.0 Å². The number of nitrogens with one attached hydrogen (secondary N) is 1. The summed E-state index contributed by atoms with van der Waals surface area (Å²) in [5.74, 6) is -0.911. The molecule has 1 aliphatic rings. The van der Waals surface area contributed by atoms with E-state index in [-0.39, 0.29) is 25.5 Å². The minimum atomic E-state index is -1.14. The zero-order valence-electron chi connectivity index (χ0n) is 11.6. The lowest BCUT2D eigenvalue weighted by Gasteiger charge is -2.36. The lowest BCUT2D eigenvalue weighted by atomic mass is 10.2. The molecule has 0 aliphatic carbocycles. The van der Waals surface area contributed by atoms with Crippen molar-refractivity contribution in [2.45, 2.75) is 19.5 Å². The van der Waals surface area contributed by atoms with E-state index in [0.717, 1.165) is 4.90 Å². The zero-order chi connectivity index (χ0) is 15.4. The minimum absolute atomic E-state index is 0.0851. The Hall–Kier alpha value is -2.51. The summed E-state index contributed by atoms with van der Waals surface area (Å²) in [6.07, 6.45) is 1.50. The highest BCUT2D eigenvalue weighted by Gasteiger charge is 2.37. The van der Waals surface area contributed by atoms with Crippen molar-refractivity contribution < 1.29 is 23.9 Å². The molecule has 1 aromatic rings. The highest BCUT2D eigenvalue weighted by Crippen LogP contribution is 2.12. The first-order chi connectivity index (χ1) is 10.0. The van der Waals surface area contributed by atoms with E-state index in [1.165, 1.54) is 11.2 Å². The Morgan fingerprint density at radius 2 is 2.33 bits per heavy atom. The van der Waals surface area contributed by atoms with Gasteiger partial charge in [0.15, 0.2) is 0 Å². The van der Waals surface area contributed by atoms with Crippen LogP contribution in [0.1, 0.15) is 12.7 Å². The largest absolute Gasteiger partial charge is 0.480 e. The molecule has 0 spiro atoms. The third-order valence-electron chi connectivity index (χ3n) is 3.29. The van der Waals surface area contributed by atoms with Crippen molar-refractivity contribution in [3.8, 4) is 0 Å². The maximum Gasteiger partial charge on any atom is 0.328 e. The van der Waals surface area contributed by atoms with Gasteiger partial charge in [0, 0.05) is 13.1 Å². The number of carbonyl (C=O) groups excluding carboxylic acids is 2. The van der Waals surface area contributed by atoms with Crippen LogP contribution in [0.3, 0.4) is 0 Å². The molecule has 0 radical (unpaired) electrons. The van der Waals surface area contributed by atoms with Crippen LogP contribution in [0.25, 0.3) is 0 Å². The topological polar surface area (TPSA) is 103 Å². The van der Waals surface area contributed by atoms with Gasteiger partial charge in [-0.15, -0.1) is 0 Å². The number of piperazine rings is 1. The molecular formula is C13H17N3O5. The van der Waals surface area contributed by atoms with Gasteiger partial charge in [0.2, 0.25) is 5.91 Å². The second-order valence-electron chi connectivity index (χ2n) is 4.66. The van der Waals surface area contributed by atoms with Crippen LogP contribution in [0.15, 0.2) is 22.8 Å². The second-order valence-corrected chi connectivity index (χ2v) is 4.66. The van der Waals surface area contributed by atoms with Crippen LogP contribution in [0.2, 0.25) is 0 Å². The standard InChI is InChI=1S/C13H17N3O5/c1-2-15(7-9-4-3-5-21-9)13(20)16-8-11(17)14-6-10(16)12(18)19/h3-5,10H,2,6-8H2,1H3,(H,14,17)(H,18,19). The van der Waals surface area contributed by atoms with E-state index in [9.17, 15) is 19.5 Å². The monoisotopic (exact) mass is 295 g/mol. The first kappa shape index (κ1) is 14.9. The second kappa shape index (κ2) is 6.29. The molecule has 1 aromatic heterocycles. The summed E-state index contributed by atoms with van der Waals surface area (Å²) in [5.41, 5.74) is 0. The molecule has 0 aromatic carbocycles. The van der Waals surface area contributed by atoms with E-state index in [4.69, 9.17) is 4.42 Å². The number of rotatable bonds is 4. The summed E-state index contributed by atoms with van der Waals surface area (Å²) in [6.45, 7) is 2.04. The summed E-state index contributed by atoms with van der Waals surface area (Å²) in [7, 11) is 0. The number of carboxylic acids is 1. The van der Waals surface area contributed by atoms with Crippen molar-refractivity contribution in [2.75, 3.05) is 19.6 Å². The van der Waals surface area contributed by atoms with Crippen molar-refractivity contribution in [1.82, 2.24) is 15.1 Å². The van der Waals surface area contributed by atoms with Crippen molar-refractivity contribution in [1.29, 1.82) is 0 Å². The molecule has 1 unspecified atom stereocenters. The number of hydrogen-bond donors (Lipinski definition) is 2. The SMILES string of the molecule is CCN(Cc1ccco1)C(=O)N1CC(=O)NCC1C(=O)O. The van der Waals surface area contributed by atoms with Gasteiger partial charge in [-0.3, -0.25) is 9.69 Å². The van der Waals surface area contributed by atoms with Crippen molar-refractivity contribution in [3.05, 3.63) is 24.2 Å². The van der Waals surface area contributed by atoms with E-state index in [2.05, 4.69) is 5.32 Å². The van der Waals surface area contributed by atoms with Crippen LogP contribution in [0, 0.1) is 0 Å². The maximum absolute atomic E-state index is 12.5. The highest BCUT2D eigenvalue weighted by atomic mass is 16.4. The van der Waals surface area contributed by atoms with Gasteiger partial charge < -0.3 is 19.7 Å². The summed E-state index contributed by atoms with van der Waals surface area (Å²) < 4.78 is 5.19. The molecule has 1 fully saturated rings. The van der Waals surface area contributed by atoms with Gasteiger partial charge in [-0.1, -0.05) is 0 Å². The molecule has 1 atom stereocenters. The molecule has 2 heterocycles. The average molecular weight is 295 g/mol. The Morgan fingerprint density at radius 3 is 2.90 bits per heavy atom. The Bertz CT molecular complexity index is 528. The summed E-state index contributed by atoms with van der Waals surface area (Å²) in [6, 6.07) is 1.90. The number of carbonyl (C=O) groups is 3. The van der Waals surface area contributed by atoms with Gasteiger partial charge in [0.05, 0.1) is 12.8 Å². The Kier molecular flexibility index (Phi) is 4.46. The minimum Gasteiger partial charge on any atom is -0.480 e. The number of nitrogens with zero attached hydrogens (tertiary/aromatic N) is 2. The molecule has 114 valence electrons. The predicted molar refractivity (Wildman–Crippen MR) is 71.3 cm³/mol. The van der Waals surface area contributed by atoms with Crippen LogP contribution in [0.5, 0.6) is 0 Å². The molecule has 2 N–H and O–H groups in total. The van der Waals surface area contributed by atoms with Crippen molar-refractivity contribution >= 4 is 17.9 Å². The Balaban J connectivity index is 2.13. The number of urea groups is 1. The highest BCUT2D eigenvalue weighted by molar-refractivity contribution is 5.90. The van der Waals surface area contributed by atoms with Crippen LogP contribution in [-0.4, -0.2) is 58.5 Å². The number of furan rings is 1. The number of carboxylic acid groups (broad SMARTS) is 1. The van der Waals surface area contributed by atoms with Gasteiger partial charge in [-0.25, -0.2) is 9.59 Å². The fourth-order valence-electron chi connectivity index (χ4n) is 2.15. The number of hydrogen-bond acceptors (Lipinski definition) is 4. The maximum atomic E-state index is 12.5. The third-order valence-corrected chi connectivity index (χ3v) is 3.29. The fourth-order valence-corrected chi connectivity index (χ4v) is 2.15. The lowest BCUT2D eigenvalue weighted by Crippen LogP contribution is -2.61. The summed E-state index contributed by atoms with van der Waals surface area (Å²) in [5, 5.41) is 11.6. The van der Waals surface area contributed by atoms with Crippen LogP contribution < -0.4 is 5.32 Å². The van der Waals surface area contributed by atoms with Gasteiger partial charge in [0.1, 0.15) is 18.3 Å². The molecule has 3 amide bonds. The molecule has 0 saturated carbocycles. The number of amides is 3. The first-order valence-electron chi connectivity index (χ1n) is 6.60. The van der Waals surface area contributed by atoms with Crippen molar-refractivity contribution in [2.24, 2.45) is 0 Å². The summed E-state index contributed by atoms with van der Waals surface area (Å²) in [4.78, 5) is 37.7. The van der Waals surface area contributed by atoms with Gasteiger partial charge in [-0.05, 0) is 19.1 Å². The van der Waals surface area contributed by atoms with E-state index in [1.807, 2.05) is 0 Å². The molecule has 0 bridgehead atoms. The molecule has 8 nitrogen and oxygen atoms in total. The lowest BCUT2D eigenvalue weighted by molar-refractivity contribution is -0.144. The smallest absolute Gasteiger partial charge is 0.328 e. The number of aliphatic carboxylic acids is 1. The Morgan fingerprint density at radius 1 is 1.57 bits per heavy atom. The van der Waals surface area contributed by atoms with Crippen LogP contribution >= 0.6 is 0 Å². The molecular weight excluding hydrogens is 278 g/mol. The van der Waals surface area contributed by atoms with E-state index >= 15 is 0 Å². The average Bonchev–Trinajstić information content (AvgIpc) is 2.96. The Labute approximate surface area is 121 Å². The summed E-state index contributed by atoms with van der Waals surface area (Å²) >= 11 is 0. The first-order valence-corrected chi connectivity index (χ1v) is 6.60. The van der Waals surface area contributed by atoms with Gasteiger partial charge >= 0.3 is 12.0 Å². The predicted octanol–water partition coefficient (Wildman–Crippen LogP) is 0.107. The molecule has 1 saturated heterocycles. The van der Waals surface area contributed by atoms with Crippen LogP contribution in [-0.2, 0) is 16.1 Å². The van der Waals surface area contributed by atoms with E-state index in [1.54, 1.807) is 19.1 Å². The molecule has 1 aliphatic heterocycles. The van der Waals surface area contributed by atoms with Crippen LogP contribution in [0.4, 0.5) is 4.79 Å². The normalized spacial score (nSPS) is 18.2. The third kappa shape index (κ3) is 3.33. The zero-order valence-corrected chi connectivity index (χ0v) is 11.6. The molecule has 8 heteroatoms. The van der Waals surface area contributed by atoms with Gasteiger partial charge in [-0.2, -0.15) is 0 Å². The molecule has 21 heavy (non-hydrogen) atoms. The fraction of sp³-hybridized carbons (Fsp3) is 0.462. The van der Waals surface area contributed by atoms with E-state index in [0.29, 0.717) is 12.3 Å².